The van der Waals surface area contributed by atoms with Crippen LogP contribution in [0.15, 0.2) is 29.3 Å². The molecule has 0 amide bonds. The van der Waals surface area contributed by atoms with E-state index >= 15 is 0 Å². The molecule has 2 aromatic rings. The molecule has 3 rings (SSSR count). The maximum Gasteiger partial charge on any atom is 0.200 e. The van der Waals surface area contributed by atoms with E-state index in [1.54, 1.807) is 24.3 Å². The Morgan fingerprint density at radius 1 is 0.962 bits per heavy atom. The molecule has 0 unspecified atom stereocenters. The Labute approximate surface area is 150 Å². The molecule has 9 heteroatoms. The maximum absolute atomic E-state index is 13.6. The zero-order valence-electron chi connectivity index (χ0n) is 13.1. The van der Waals surface area contributed by atoms with E-state index in [-0.39, 0.29) is 11.9 Å². The number of nitrogens with zero attached hydrogens (tertiary/aromatic N) is 1. The van der Waals surface area contributed by atoms with Gasteiger partial charge in [0.2, 0.25) is 5.82 Å². The topological polar surface area (TPSA) is 33.6 Å². The lowest BCUT2D eigenvalue weighted by atomic mass is 10.2. The van der Waals surface area contributed by atoms with Crippen LogP contribution in [0.25, 0.3) is 0 Å². The van der Waals surface area contributed by atoms with Crippen LogP contribution in [-0.2, 0) is 11.4 Å². The second-order valence-corrected chi connectivity index (χ2v) is 6.09. The highest BCUT2D eigenvalue weighted by molar-refractivity contribution is 6.30. The largest absolute Gasteiger partial charge is 0.270 e. The summed E-state index contributed by atoms with van der Waals surface area (Å²) in [5, 5.41) is 0.502. The second-order valence-electron chi connectivity index (χ2n) is 5.65. The number of benzene rings is 2. The van der Waals surface area contributed by atoms with Crippen LogP contribution in [0.2, 0.25) is 5.02 Å². The van der Waals surface area contributed by atoms with Crippen molar-refractivity contribution < 1.29 is 26.8 Å². The van der Waals surface area contributed by atoms with Crippen molar-refractivity contribution in [1.82, 2.24) is 5.48 Å². The molecule has 1 aliphatic rings. The van der Waals surface area contributed by atoms with E-state index in [1.165, 1.54) is 0 Å². The summed E-state index contributed by atoms with van der Waals surface area (Å²) in [5.74, 6) is -9.85. The van der Waals surface area contributed by atoms with Crippen LogP contribution in [0.3, 0.4) is 0 Å². The number of aliphatic imine (C=N–C) groups is 1. The number of hydrogen-bond donors (Lipinski definition) is 1. The van der Waals surface area contributed by atoms with E-state index in [9.17, 15) is 22.0 Å². The fourth-order valence-electron chi connectivity index (χ4n) is 2.11. The summed E-state index contributed by atoms with van der Waals surface area (Å²) in [6.07, 6.45) is 1.77. The van der Waals surface area contributed by atoms with Crippen molar-refractivity contribution in [2.75, 3.05) is 0 Å². The van der Waals surface area contributed by atoms with E-state index < -0.39 is 41.3 Å². The Bertz CT molecular complexity index is 824. The fraction of sp³-hybridized carbons (Fsp3) is 0.235. The minimum atomic E-state index is -2.21. The maximum atomic E-state index is 13.6. The van der Waals surface area contributed by atoms with Gasteiger partial charge in [-0.3, -0.25) is 9.83 Å². The molecule has 0 aliphatic heterocycles. The molecule has 0 saturated heterocycles. The predicted octanol–water partition coefficient (Wildman–Crippen LogP) is 4.67. The third-order valence-electron chi connectivity index (χ3n) is 3.66. The average Bonchev–Trinajstić information content (AvgIpc) is 3.45. The number of rotatable bonds is 5. The number of amidine groups is 1. The van der Waals surface area contributed by atoms with Crippen LogP contribution in [-0.4, -0.2) is 11.9 Å². The van der Waals surface area contributed by atoms with E-state index in [2.05, 4.69) is 10.5 Å². The predicted molar refractivity (Wildman–Crippen MR) is 85.2 cm³/mol. The number of hydroxylamine groups is 1. The van der Waals surface area contributed by atoms with Crippen LogP contribution in [0.5, 0.6) is 0 Å². The van der Waals surface area contributed by atoms with Crippen LogP contribution in [0.1, 0.15) is 24.0 Å². The van der Waals surface area contributed by atoms with E-state index in [0.717, 1.165) is 12.8 Å². The Kier molecular flexibility index (Phi) is 5.43. The Balaban J connectivity index is 1.76. The summed E-state index contributed by atoms with van der Waals surface area (Å²) >= 11 is 5.82. The van der Waals surface area contributed by atoms with Crippen LogP contribution < -0.4 is 5.48 Å². The van der Waals surface area contributed by atoms with Gasteiger partial charge in [-0.2, -0.15) is 0 Å². The molecule has 1 aliphatic carbocycles. The third-order valence-corrected chi connectivity index (χ3v) is 3.91. The lowest BCUT2D eigenvalue weighted by molar-refractivity contribution is 0.0660. The van der Waals surface area contributed by atoms with Gasteiger partial charge in [-0.15, -0.1) is 0 Å². The van der Waals surface area contributed by atoms with E-state index in [4.69, 9.17) is 16.4 Å². The van der Waals surface area contributed by atoms with Gasteiger partial charge in [0.1, 0.15) is 6.61 Å². The normalized spacial score (nSPS) is 14.6. The molecular weight excluding hydrogens is 379 g/mol. The lowest BCUT2D eigenvalue weighted by Crippen LogP contribution is -2.26. The highest BCUT2D eigenvalue weighted by atomic mass is 35.5. The summed E-state index contributed by atoms with van der Waals surface area (Å²) in [6, 6.07) is 6.62. The SMILES string of the molecule is Fc1c(F)c(F)c(CONC(=NC2CC2)c2ccc(Cl)cc2)c(F)c1F. The zero-order chi connectivity index (χ0) is 18.8. The molecule has 0 spiro atoms. The molecular formula is C17H12ClF5N2O. The highest BCUT2D eigenvalue weighted by Crippen LogP contribution is 2.25. The Morgan fingerprint density at radius 2 is 1.50 bits per heavy atom. The van der Waals surface area contributed by atoms with Gasteiger partial charge in [-0.25, -0.2) is 27.4 Å². The van der Waals surface area contributed by atoms with Crippen molar-refractivity contribution in [2.45, 2.75) is 25.5 Å². The molecule has 1 N–H and O–H groups in total. The minimum absolute atomic E-state index is 0.0889. The van der Waals surface area contributed by atoms with Crippen LogP contribution in [0.4, 0.5) is 22.0 Å². The molecule has 138 valence electrons. The van der Waals surface area contributed by atoms with Crippen molar-refractivity contribution in [3.63, 3.8) is 0 Å². The molecule has 0 radical (unpaired) electrons. The number of nitrogens with one attached hydrogen (secondary N) is 1. The van der Waals surface area contributed by atoms with Crippen LogP contribution in [0, 0.1) is 29.1 Å². The van der Waals surface area contributed by atoms with Crippen molar-refractivity contribution in [3.8, 4) is 0 Å². The zero-order valence-corrected chi connectivity index (χ0v) is 13.9. The van der Waals surface area contributed by atoms with Crippen molar-refractivity contribution in [1.29, 1.82) is 0 Å². The molecule has 0 atom stereocenters. The molecule has 3 nitrogen and oxygen atoms in total. The first-order chi connectivity index (χ1) is 12.4. The molecule has 1 fully saturated rings. The van der Waals surface area contributed by atoms with Gasteiger partial charge in [0.15, 0.2) is 29.1 Å². The monoisotopic (exact) mass is 390 g/mol. The quantitative estimate of drug-likeness (QED) is 0.201. The van der Waals surface area contributed by atoms with Gasteiger partial charge < -0.3 is 0 Å². The summed E-state index contributed by atoms with van der Waals surface area (Å²) in [4.78, 5) is 9.31. The molecule has 26 heavy (non-hydrogen) atoms. The first kappa shape index (κ1) is 18.6. The van der Waals surface area contributed by atoms with Gasteiger partial charge in [-0.1, -0.05) is 11.6 Å². The highest BCUT2D eigenvalue weighted by Gasteiger charge is 2.26. The van der Waals surface area contributed by atoms with Crippen molar-refractivity contribution in [3.05, 3.63) is 69.5 Å². The first-order valence-corrected chi connectivity index (χ1v) is 7.98. The average molecular weight is 391 g/mol. The molecule has 2 aromatic carbocycles. The summed E-state index contributed by atoms with van der Waals surface area (Å²) < 4.78 is 66.7. The lowest BCUT2D eigenvalue weighted by Gasteiger charge is -2.12. The van der Waals surface area contributed by atoms with Crippen LogP contribution >= 0.6 is 11.6 Å². The van der Waals surface area contributed by atoms with Crippen molar-refractivity contribution in [2.24, 2.45) is 4.99 Å². The van der Waals surface area contributed by atoms with E-state index in [1.807, 2.05) is 0 Å². The Hall–Kier alpha value is -2.19. The van der Waals surface area contributed by atoms with Gasteiger partial charge >= 0.3 is 0 Å². The molecule has 1 saturated carbocycles. The fourth-order valence-corrected chi connectivity index (χ4v) is 2.23. The summed E-state index contributed by atoms with van der Waals surface area (Å²) in [7, 11) is 0. The minimum Gasteiger partial charge on any atom is -0.270 e. The standard InChI is InChI=1S/C17H12ClF5N2O/c18-9-3-1-8(2-4-9)17(24-10-5-6-10)25-26-7-11-12(19)14(21)16(23)15(22)13(11)20/h1-4,10H,5-7H2,(H,24,25). The van der Waals surface area contributed by atoms with Gasteiger partial charge in [-0.05, 0) is 37.1 Å². The number of hydrogen-bond acceptors (Lipinski definition) is 2. The smallest absolute Gasteiger partial charge is 0.200 e. The van der Waals surface area contributed by atoms with Gasteiger partial charge in [0, 0.05) is 10.6 Å². The molecule has 0 heterocycles. The third kappa shape index (κ3) is 3.96. The number of halogens is 6. The van der Waals surface area contributed by atoms with E-state index in [0.29, 0.717) is 10.6 Å². The molecule has 0 aromatic heterocycles. The first-order valence-electron chi connectivity index (χ1n) is 7.60. The van der Waals surface area contributed by atoms with Gasteiger partial charge in [0.05, 0.1) is 11.6 Å². The summed E-state index contributed by atoms with van der Waals surface area (Å²) in [6.45, 7) is -0.886. The van der Waals surface area contributed by atoms with Crippen molar-refractivity contribution >= 4 is 17.4 Å². The Morgan fingerprint density at radius 3 is 2.04 bits per heavy atom. The second kappa shape index (κ2) is 7.59. The molecule has 0 bridgehead atoms. The summed E-state index contributed by atoms with van der Waals surface area (Å²) in [5.41, 5.74) is 1.94. The van der Waals surface area contributed by atoms with Gasteiger partial charge in [0.25, 0.3) is 0 Å².